The molecule has 2 aromatic heterocycles. The molecule has 0 radical (unpaired) electrons. The molecule has 2 heterocycles. The van der Waals surface area contributed by atoms with Crippen LogP contribution in [0.15, 0.2) is 23.8 Å². The van der Waals surface area contributed by atoms with Crippen molar-refractivity contribution in [2.24, 2.45) is 0 Å². The third-order valence-electron chi connectivity index (χ3n) is 2.22. The maximum atomic E-state index is 5.87. The van der Waals surface area contributed by atoms with Gasteiger partial charge in [0, 0.05) is 11.6 Å². The Bertz CT molecular complexity index is 470. The topological polar surface area (TPSA) is 37.8 Å². The Kier molecular flexibility index (Phi) is 3.41. The maximum absolute atomic E-state index is 5.87. The quantitative estimate of drug-likeness (QED) is 0.848. The van der Waals surface area contributed by atoms with Crippen LogP contribution >= 0.6 is 22.9 Å². The lowest BCUT2D eigenvalue weighted by molar-refractivity contribution is 0.868. The van der Waals surface area contributed by atoms with Crippen LogP contribution < -0.4 is 5.32 Å². The summed E-state index contributed by atoms with van der Waals surface area (Å²) in [5.74, 6) is 0. The normalized spacial score (nSPS) is 12.4. The molecule has 0 aromatic carbocycles. The summed E-state index contributed by atoms with van der Waals surface area (Å²) in [5, 5.41) is 6.92. The average molecular weight is 254 g/mol. The zero-order valence-electron chi connectivity index (χ0n) is 9.07. The van der Waals surface area contributed by atoms with Crippen LogP contribution in [0.1, 0.15) is 23.5 Å². The highest BCUT2D eigenvalue weighted by Gasteiger charge is 2.08. The molecular weight excluding hydrogens is 242 g/mol. The Hall–Kier alpha value is -1.13. The minimum absolute atomic E-state index is 0.183. The zero-order chi connectivity index (χ0) is 11.5. The van der Waals surface area contributed by atoms with Crippen molar-refractivity contribution >= 4 is 28.6 Å². The summed E-state index contributed by atoms with van der Waals surface area (Å²) in [6.07, 6.45) is 3.54. The molecule has 0 amide bonds. The lowest BCUT2D eigenvalue weighted by Gasteiger charge is -2.12. The van der Waals surface area contributed by atoms with Crippen molar-refractivity contribution in [3.05, 3.63) is 39.6 Å². The number of nitrogens with one attached hydrogen (secondary N) is 1. The molecule has 2 aromatic rings. The largest absolute Gasteiger partial charge is 0.375 e. The fourth-order valence-electron chi connectivity index (χ4n) is 1.40. The van der Waals surface area contributed by atoms with E-state index in [1.165, 1.54) is 0 Å². The summed E-state index contributed by atoms with van der Waals surface area (Å²) >= 11 is 7.51. The summed E-state index contributed by atoms with van der Waals surface area (Å²) in [4.78, 5) is 8.36. The van der Waals surface area contributed by atoms with Gasteiger partial charge in [-0.05, 0) is 25.5 Å². The molecule has 0 aliphatic heterocycles. The van der Waals surface area contributed by atoms with Crippen LogP contribution in [0.25, 0.3) is 0 Å². The first-order valence-corrected chi connectivity index (χ1v) is 6.20. The van der Waals surface area contributed by atoms with E-state index in [1.807, 2.05) is 24.6 Å². The number of thiazole rings is 1. The van der Waals surface area contributed by atoms with Gasteiger partial charge in [-0.2, -0.15) is 0 Å². The highest BCUT2D eigenvalue weighted by atomic mass is 35.5. The van der Waals surface area contributed by atoms with E-state index in [0.29, 0.717) is 5.15 Å². The number of hydrogen-bond donors (Lipinski definition) is 1. The predicted molar refractivity (Wildman–Crippen MR) is 68.1 cm³/mol. The summed E-state index contributed by atoms with van der Waals surface area (Å²) in [7, 11) is 0. The second-order valence-electron chi connectivity index (χ2n) is 3.57. The summed E-state index contributed by atoms with van der Waals surface area (Å²) < 4.78 is 0. The summed E-state index contributed by atoms with van der Waals surface area (Å²) in [6.45, 7) is 4.01. The van der Waals surface area contributed by atoms with E-state index in [4.69, 9.17) is 11.6 Å². The third kappa shape index (κ3) is 2.51. The fraction of sp³-hybridized carbons (Fsp3) is 0.273. The van der Waals surface area contributed by atoms with Crippen LogP contribution in [-0.4, -0.2) is 9.97 Å². The van der Waals surface area contributed by atoms with Crippen molar-refractivity contribution in [2.45, 2.75) is 19.9 Å². The number of hydrogen-bond acceptors (Lipinski definition) is 4. The number of anilines is 1. The molecule has 3 nitrogen and oxygen atoms in total. The van der Waals surface area contributed by atoms with Gasteiger partial charge in [-0.15, -0.1) is 11.3 Å². The van der Waals surface area contributed by atoms with Crippen molar-refractivity contribution in [2.75, 3.05) is 5.32 Å². The first kappa shape index (κ1) is 11.4. The van der Waals surface area contributed by atoms with Gasteiger partial charge in [-0.25, -0.2) is 9.97 Å². The smallest absolute Gasteiger partial charge is 0.132 e. The molecule has 84 valence electrons. The number of halogens is 1. The highest BCUT2D eigenvalue weighted by Crippen LogP contribution is 2.22. The van der Waals surface area contributed by atoms with Gasteiger partial charge < -0.3 is 5.32 Å². The number of rotatable bonds is 3. The predicted octanol–water partition coefficient (Wildman–Crippen LogP) is 3.67. The Labute approximate surface area is 104 Å². The minimum atomic E-state index is 0.183. The van der Waals surface area contributed by atoms with Crippen molar-refractivity contribution < 1.29 is 0 Å². The molecular formula is C11H12ClN3S. The van der Waals surface area contributed by atoms with Gasteiger partial charge in [0.25, 0.3) is 0 Å². The number of pyridine rings is 1. The van der Waals surface area contributed by atoms with E-state index in [-0.39, 0.29) is 6.04 Å². The molecule has 1 unspecified atom stereocenters. The van der Waals surface area contributed by atoms with Gasteiger partial charge in [0.1, 0.15) is 10.2 Å². The molecule has 5 heteroatoms. The van der Waals surface area contributed by atoms with Crippen LogP contribution in [0.2, 0.25) is 5.15 Å². The molecule has 1 N–H and O–H groups in total. The van der Waals surface area contributed by atoms with Crippen molar-refractivity contribution in [3.63, 3.8) is 0 Å². The van der Waals surface area contributed by atoms with E-state index in [0.717, 1.165) is 16.3 Å². The van der Waals surface area contributed by atoms with Gasteiger partial charge in [-0.3, -0.25) is 0 Å². The van der Waals surface area contributed by atoms with Gasteiger partial charge >= 0.3 is 0 Å². The lowest BCUT2D eigenvalue weighted by Crippen LogP contribution is -2.06. The zero-order valence-corrected chi connectivity index (χ0v) is 10.6. The molecule has 0 bridgehead atoms. The summed E-state index contributed by atoms with van der Waals surface area (Å²) in [5.41, 5.74) is 1.93. The van der Waals surface area contributed by atoms with Crippen LogP contribution in [0.4, 0.5) is 5.69 Å². The maximum Gasteiger partial charge on any atom is 0.132 e. The Morgan fingerprint density at radius 1 is 1.44 bits per heavy atom. The van der Waals surface area contributed by atoms with Gasteiger partial charge in [-0.1, -0.05) is 11.6 Å². The van der Waals surface area contributed by atoms with Gasteiger partial charge in [0.05, 0.1) is 17.9 Å². The molecule has 0 aliphatic carbocycles. The summed E-state index contributed by atoms with van der Waals surface area (Å²) in [6, 6.07) is 2.17. The third-order valence-corrected chi connectivity index (χ3v) is 3.57. The molecule has 2 rings (SSSR count). The van der Waals surface area contributed by atoms with Crippen LogP contribution in [0.5, 0.6) is 0 Å². The number of aromatic nitrogens is 2. The minimum Gasteiger partial charge on any atom is -0.375 e. The first-order chi connectivity index (χ1) is 7.66. The molecule has 0 saturated carbocycles. The molecule has 0 aliphatic rings. The number of aryl methyl sites for hydroxylation is 1. The number of nitrogens with zero attached hydrogens (tertiary/aromatic N) is 2. The Morgan fingerprint density at radius 3 is 2.88 bits per heavy atom. The van der Waals surface area contributed by atoms with Crippen LogP contribution in [0, 0.1) is 6.92 Å². The molecule has 0 fully saturated rings. The molecule has 0 spiro atoms. The monoisotopic (exact) mass is 253 g/mol. The van der Waals surface area contributed by atoms with E-state index in [1.54, 1.807) is 17.5 Å². The van der Waals surface area contributed by atoms with Crippen LogP contribution in [-0.2, 0) is 0 Å². The average Bonchev–Trinajstić information content (AvgIpc) is 2.77. The van der Waals surface area contributed by atoms with E-state index in [2.05, 4.69) is 22.2 Å². The van der Waals surface area contributed by atoms with Gasteiger partial charge in [0.2, 0.25) is 0 Å². The second-order valence-corrected chi connectivity index (χ2v) is 4.85. The Balaban J connectivity index is 2.12. The Morgan fingerprint density at radius 2 is 2.25 bits per heavy atom. The highest BCUT2D eigenvalue weighted by molar-refractivity contribution is 7.09. The van der Waals surface area contributed by atoms with E-state index in [9.17, 15) is 0 Å². The van der Waals surface area contributed by atoms with Gasteiger partial charge in [0.15, 0.2) is 0 Å². The SMILES string of the molecule is Cc1cc(NC(C)c2nccs2)cnc1Cl. The molecule has 16 heavy (non-hydrogen) atoms. The lowest BCUT2D eigenvalue weighted by atomic mass is 10.2. The van der Waals surface area contributed by atoms with E-state index >= 15 is 0 Å². The van der Waals surface area contributed by atoms with Crippen LogP contribution in [0.3, 0.4) is 0 Å². The first-order valence-electron chi connectivity index (χ1n) is 4.95. The second kappa shape index (κ2) is 4.80. The molecule has 0 saturated heterocycles. The van der Waals surface area contributed by atoms with Crippen molar-refractivity contribution in [1.29, 1.82) is 0 Å². The van der Waals surface area contributed by atoms with E-state index < -0.39 is 0 Å². The standard InChI is InChI=1S/C11H12ClN3S/c1-7-5-9(6-14-10(7)12)15-8(2)11-13-3-4-16-11/h3-6,8,15H,1-2H3. The van der Waals surface area contributed by atoms with Crippen molar-refractivity contribution in [3.8, 4) is 0 Å². The molecule has 1 atom stereocenters. The van der Waals surface area contributed by atoms with Crippen molar-refractivity contribution in [1.82, 2.24) is 9.97 Å². The fourth-order valence-corrected chi connectivity index (χ4v) is 2.15.